The third-order valence-corrected chi connectivity index (χ3v) is 5.53. The molecular weight excluding hydrogens is 332 g/mol. The highest BCUT2D eigenvalue weighted by Crippen LogP contribution is 2.44. The van der Waals surface area contributed by atoms with Crippen LogP contribution in [-0.4, -0.2) is 25.8 Å². The van der Waals surface area contributed by atoms with Crippen LogP contribution in [-0.2, 0) is 4.79 Å². The number of rotatable bonds is 5. The SMILES string of the molecule is COc1ccc(C2=C(c3ccc(OC)cc3)SC(C)C(C=O)=C2)cc1. The first-order valence-corrected chi connectivity index (χ1v) is 8.90. The smallest absolute Gasteiger partial charge is 0.147 e. The Morgan fingerprint density at radius 2 is 1.40 bits per heavy atom. The molecule has 1 aliphatic rings. The number of hydrogen-bond donors (Lipinski definition) is 0. The van der Waals surface area contributed by atoms with Crippen LogP contribution in [0.1, 0.15) is 18.1 Å². The fourth-order valence-corrected chi connectivity index (χ4v) is 3.93. The molecule has 1 unspecified atom stereocenters. The van der Waals surface area contributed by atoms with Gasteiger partial charge in [-0.25, -0.2) is 0 Å². The van der Waals surface area contributed by atoms with Crippen LogP contribution in [0.5, 0.6) is 11.5 Å². The predicted molar refractivity (Wildman–Crippen MR) is 104 cm³/mol. The Hall–Kier alpha value is -2.46. The number of ether oxygens (including phenoxy) is 2. The highest BCUT2D eigenvalue weighted by Gasteiger charge is 2.22. The van der Waals surface area contributed by atoms with E-state index in [0.717, 1.165) is 45.0 Å². The van der Waals surface area contributed by atoms with Crippen molar-refractivity contribution in [2.24, 2.45) is 0 Å². The summed E-state index contributed by atoms with van der Waals surface area (Å²) >= 11 is 1.71. The molecule has 3 nitrogen and oxygen atoms in total. The number of thioether (sulfide) groups is 1. The summed E-state index contributed by atoms with van der Waals surface area (Å²) < 4.78 is 10.5. The third kappa shape index (κ3) is 3.64. The van der Waals surface area contributed by atoms with Crippen molar-refractivity contribution in [1.82, 2.24) is 0 Å². The molecule has 1 atom stereocenters. The van der Waals surface area contributed by atoms with Gasteiger partial charge in [0.1, 0.15) is 17.8 Å². The quantitative estimate of drug-likeness (QED) is 0.722. The molecule has 0 N–H and O–H groups in total. The van der Waals surface area contributed by atoms with Crippen molar-refractivity contribution in [3.63, 3.8) is 0 Å². The maximum Gasteiger partial charge on any atom is 0.147 e. The molecule has 4 heteroatoms. The molecule has 2 aromatic rings. The van der Waals surface area contributed by atoms with Gasteiger partial charge in [-0.05, 0) is 54.0 Å². The zero-order valence-electron chi connectivity index (χ0n) is 14.5. The van der Waals surface area contributed by atoms with Gasteiger partial charge in [-0.1, -0.05) is 24.3 Å². The zero-order chi connectivity index (χ0) is 17.8. The Labute approximate surface area is 152 Å². The second-order valence-corrected chi connectivity index (χ2v) is 7.07. The third-order valence-electron chi connectivity index (χ3n) is 4.21. The highest BCUT2D eigenvalue weighted by atomic mass is 32.2. The lowest BCUT2D eigenvalue weighted by Gasteiger charge is -2.23. The minimum atomic E-state index is 0.122. The van der Waals surface area contributed by atoms with Crippen molar-refractivity contribution in [3.05, 3.63) is 71.3 Å². The molecular formula is C21H20O3S. The number of carbonyl (C=O) groups is 1. The van der Waals surface area contributed by atoms with Crippen LogP contribution in [0, 0.1) is 0 Å². The van der Waals surface area contributed by atoms with Gasteiger partial charge in [-0.3, -0.25) is 4.79 Å². The average Bonchev–Trinajstić information content (AvgIpc) is 2.68. The van der Waals surface area contributed by atoms with E-state index in [2.05, 4.69) is 19.1 Å². The van der Waals surface area contributed by atoms with E-state index in [1.807, 2.05) is 42.5 Å². The van der Waals surface area contributed by atoms with Gasteiger partial charge < -0.3 is 9.47 Å². The number of hydrogen-bond acceptors (Lipinski definition) is 4. The van der Waals surface area contributed by atoms with Crippen molar-refractivity contribution >= 4 is 28.5 Å². The summed E-state index contributed by atoms with van der Waals surface area (Å²) in [5.41, 5.74) is 4.03. The summed E-state index contributed by atoms with van der Waals surface area (Å²) in [4.78, 5) is 12.6. The van der Waals surface area contributed by atoms with Gasteiger partial charge >= 0.3 is 0 Å². The van der Waals surface area contributed by atoms with Crippen molar-refractivity contribution in [2.75, 3.05) is 14.2 Å². The lowest BCUT2D eigenvalue weighted by atomic mass is 9.98. The standard InChI is InChI=1S/C21H20O3S/c1-14-17(13-22)12-20(15-4-8-18(23-2)9-5-15)21(25-14)16-6-10-19(24-3)11-7-16/h4-14H,1-3H3. The van der Waals surface area contributed by atoms with E-state index >= 15 is 0 Å². The van der Waals surface area contributed by atoms with Crippen molar-refractivity contribution in [2.45, 2.75) is 12.2 Å². The van der Waals surface area contributed by atoms with E-state index in [0.29, 0.717) is 0 Å². The Morgan fingerprint density at radius 1 is 0.880 bits per heavy atom. The second-order valence-electron chi connectivity index (χ2n) is 5.72. The van der Waals surface area contributed by atoms with Crippen LogP contribution in [0.25, 0.3) is 10.5 Å². The zero-order valence-corrected chi connectivity index (χ0v) is 15.3. The Balaban J connectivity index is 2.12. The number of aldehydes is 1. The van der Waals surface area contributed by atoms with Crippen LogP contribution in [0.4, 0.5) is 0 Å². The summed E-state index contributed by atoms with van der Waals surface area (Å²) in [6.45, 7) is 2.05. The normalized spacial score (nSPS) is 17.1. The minimum Gasteiger partial charge on any atom is -0.497 e. The maximum atomic E-state index is 11.4. The minimum absolute atomic E-state index is 0.122. The average molecular weight is 352 g/mol. The summed E-state index contributed by atoms with van der Waals surface area (Å²) in [5.74, 6) is 1.64. The first-order valence-electron chi connectivity index (χ1n) is 8.03. The summed E-state index contributed by atoms with van der Waals surface area (Å²) in [7, 11) is 3.31. The molecule has 0 bridgehead atoms. The Morgan fingerprint density at radius 3 is 1.88 bits per heavy atom. The molecule has 1 heterocycles. The van der Waals surface area contributed by atoms with Crippen LogP contribution >= 0.6 is 11.8 Å². The molecule has 1 aliphatic heterocycles. The largest absolute Gasteiger partial charge is 0.497 e. The molecule has 0 radical (unpaired) electrons. The van der Waals surface area contributed by atoms with E-state index in [1.54, 1.807) is 26.0 Å². The highest BCUT2D eigenvalue weighted by molar-refractivity contribution is 8.09. The van der Waals surface area contributed by atoms with Crippen molar-refractivity contribution < 1.29 is 14.3 Å². The number of allylic oxidation sites excluding steroid dienone is 2. The van der Waals surface area contributed by atoms with Crippen LogP contribution in [0.3, 0.4) is 0 Å². The second kappa shape index (κ2) is 7.62. The maximum absolute atomic E-state index is 11.4. The Bertz CT molecular complexity index is 817. The van der Waals surface area contributed by atoms with Gasteiger partial charge in [0, 0.05) is 15.7 Å². The number of methoxy groups -OCH3 is 2. The summed E-state index contributed by atoms with van der Waals surface area (Å²) in [6.07, 6.45) is 2.95. The predicted octanol–water partition coefficient (Wildman–Crippen LogP) is 4.83. The van der Waals surface area contributed by atoms with Crippen molar-refractivity contribution in [1.29, 1.82) is 0 Å². The fraction of sp³-hybridized carbons (Fsp3) is 0.190. The molecule has 0 spiro atoms. The molecule has 0 aromatic heterocycles. The number of benzene rings is 2. The molecule has 0 amide bonds. The molecule has 2 aromatic carbocycles. The molecule has 0 fully saturated rings. The van der Waals surface area contributed by atoms with Crippen LogP contribution in [0.15, 0.2) is 60.2 Å². The molecule has 3 rings (SSSR count). The lowest BCUT2D eigenvalue weighted by Crippen LogP contribution is -2.08. The van der Waals surface area contributed by atoms with E-state index in [9.17, 15) is 4.79 Å². The first kappa shape index (κ1) is 17.4. The summed E-state index contributed by atoms with van der Waals surface area (Å²) in [6, 6.07) is 15.9. The molecule has 0 aliphatic carbocycles. The van der Waals surface area contributed by atoms with Gasteiger partial charge in [-0.15, -0.1) is 11.8 Å². The van der Waals surface area contributed by atoms with Crippen LogP contribution in [0.2, 0.25) is 0 Å². The molecule has 25 heavy (non-hydrogen) atoms. The lowest BCUT2D eigenvalue weighted by molar-refractivity contribution is -0.104. The summed E-state index contributed by atoms with van der Waals surface area (Å²) in [5, 5.41) is 0.122. The monoisotopic (exact) mass is 352 g/mol. The molecule has 128 valence electrons. The van der Waals surface area contributed by atoms with E-state index < -0.39 is 0 Å². The van der Waals surface area contributed by atoms with Gasteiger partial charge in [0.05, 0.1) is 14.2 Å². The van der Waals surface area contributed by atoms with Gasteiger partial charge in [0.15, 0.2) is 0 Å². The van der Waals surface area contributed by atoms with Gasteiger partial charge in [0.25, 0.3) is 0 Å². The fourth-order valence-electron chi connectivity index (χ4n) is 2.74. The Kier molecular flexibility index (Phi) is 5.29. The number of carbonyl (C=O) groups excluding carboxylic acids is 1. The van der Waals surface area contributed by atoms with Crippen molar-refractivity contribution in [3.8, 4) is 11.5 Å². The topological polar surface area (TPSA) is 35.5 Å². The molecule has 0 saturated carbocycles. The molecule has 0 saturated heterocycles. The van der Waals surface area contributed by atoms with E-state index in [-0.39, 0.29) is 5.25 Å². The van der Waals surface area contributed by atoms with E-state index in [4.69, 9.17) is 9.47 Å². The van der Waals surface area contributed by atoms with Gasteiger partial charge in [-0.2, -0.15) is 0 Å². The van der Waals surface area contributed by atoms with Gasteiger partial charge in [0.2, 0.25) is 0 Å². The van der Waals surface area contributed by atoms with E-state index in [1.165, 1.54) is 0 Å². The van der Waals surface area contributed by atoms with Crippen LogP contribution < -0.4 is 9.47 Å². The first-order chi connectivity index (χ1) is 12.2.